The van der Waals surface area contributed by atoms with Crippen LogP contribution < -0.4 is 10.3 Å². The smallest absolute Gasteiger partial charge is 0.344 e. The van der Waals surface area contributed by atoms with Crippen LogP contribution in [0.2, 0.25) is 0 Å². The molecule has 0 atom stereocenters. The molecule has 5 rings (SSSR count). The predicted molar refractivity (Wildman–Crippen MR) is 115 cm³/mol. The van der Waals surface area contributed by atoms with Gasteiger partial charge in [0.2, 0.25) is 5.56 Å². The fraction of sp³-hybridized carbons (Fsp3) is 0. The Labute approximate surface area is 170 Å². The van der Waals surface area contributed by atoms with Gasteiger partial charge in [0.05, 0.1) is 28.5 Å². The van der Waals surface area contributed by atoms with E-state index in [0.29, 0.717) is 16.7 Å². The average molecular weight is 393 g/mol. The van der Waals surface area contributed by atoms with Gasteiger partial charge in [0, 0.05) is 22.5 Å². The minimum Gasteiger partial charge on any atom is -0.423 e. The number of esters is 1. The van der Waals surface area contributed by atoms with E-state index >= 15 is 0 Å². The van der Waals surface area contributed by atoms with Crippen LogP contribution in [0.3, 0.4) is 0 Å². The van der Waals surface area contributed by atoms with E-state index in [0.717, 1.165) is 22.3 Å². The highest BCUT2D eigenvalue weighted by Crippen LogP contribution is 2.23. The molecule has 0 aliphatic heterocycles. The first-order chi connectivity index (χ1) is 14.7. The third-order valence-corrected chi connectivity index (χ3v) is 4.78. The number of carbonyl (C=O) groups is 1. The fourth-order valence-corrected chi connectivity index (χ4v) is 3.33. The van der Waals surface area contributed by atoms with Crippen LogP contribution in [0.4, 0.5) is 0 Å². The Bertz CT molecular complexity index is 1460. The fourth-order valence-electron chi connectivity index (χ4n) is 3.33. The van der Waals surface area contributed by atoms with Gasteiger partial charge in [-0.1, -0.05) is 30.3 Å². The van der Waals surface area contributed by atoms with Crippen molar-refractivity contribution in [3.8, 4) is 17.0 Å². The summed E-state index contributed by atoms with van der Waals surface area (Å²) >= 11 is 0. The first-order valence-corrected chi connectivity index (χ1v) is 9.34. The molecule has 0 unspecified atom stereocenters. The van der Waals surface area contributed by atoms with Gasteiger partial charge < -0.3 is 9.72 Å². The number of fused-ring (bicyclic) bond motifs is 2. The molecule has 6 nitrogen and oxygen atoms in total. The van der Waals surface area contributed by atoms with Gasteiger partial charge in [0.15, 0.2) is 0 Å². The van der Waals surface area contributed by atoms with Gasteiger partial charge in [-0.15, -0.1) is 0 Å². The first-order valence-electron chi connectivity index (χ1n) is 9.34. The number of H-pyrrole nitrogens is 1. The number of aromatic amines is 1. The van der Waals surface area contributed by atoms with Crippen molar-refractivity contribution in [1.82, 2.24) is 15.0 Å². The van der Waals surface area contributed by atoms with Crippen molar-refractivity contribution >= 4 is 27.9 Å². The van der Waals surface area contributed by atoms with E-state index < -0.39 is 5.97 Å². The molecule has 144 valence electrons. The van der Waals surface area contributed by atoms with E-state index in [-0.39, 0.29) is 11.1 Å². The van der Waals surface area contributed by atoms with Gasteiger partial charge in [0.25, 0.3) is 0 Å². The van der Waals surface area contributed by atoms with Crippen LogP contribution >= 0.6 is 0 Å². The monoisotopic (exact) mass is 393 g/mol. The molecule has 0 aliphatic carbocycles. The average Bonchev–Trinajstić information content (AvgIpc) is 2.78. The lowest BCUT2D eigenvalue weighted by Crippen LogP contribution is -2.14. The maximum absolute atomic E-state index is 12.7. The Balaban J connectivity index is 1.42. The number of nitrogens with one attached hydrogen (secondary N) is 1. The summed E-state index contributed by atoms with van der Waals surface area (Å²) in [5, 5.41) is 0.630. The Morgan fingerprint density at radius 3 is 2.43 bits per heavy atom. The van der Waals surface area contributed by atoms with Crippen LogP contribution in [-0.4, -0.2) is 20.9 Å². The number of hydrogen-bond acceptors (Lipinski definition) is 5. The van der Waals surface area contributed by atoms with Crippen LogP contribution in [-0.2, 0) is 0 Å². The summed E-state index contributed by atoms with van der Waals surface area (Å²) < 4.78 is 5.50. The van der Waals surface area contributed by atoms with E-state index in [1.54, 1.807) is 42.6 Å². The second kappa shape index (κ2) is 7.25. The van der Waals surface area contributed by atoms with Crippen LogP contribution in [0.1, 0.15) is 10.4 Å². The minimum absolute atomic E-state index is 0.221. The number of aromatic nitrogens is 3. The molecule has 30 heavy (non-hydrogen) atoms. The van der Waals surface area contributed by atoms with Gasteiger partial charge in [-0.05, 0) is 42.5 Å². The molecule has 2 heterocycles. The topological polar surface area (TPSA) is 84.9 Å². The Morgan fingerprint density at radius 1 is 0.867 bits per heavy atom. The molecule has 0 fully saturated rings. The second-order valence-electron chi connectivity index (χ2n) is 6.75. The number of carbonyl (C=O) groups excluding carboxylic acids is 1. The first kappa shape index (κ1) is 17.8. The number of nitrogens with zero attached hydrogens (tertiary/aromatic N) is 2. The third kappa shape index (κ3) is 3.31. The van der Waals surface area contributed by atoms with E-state index in [2.05, 4.69) is 15.0 Å². The second-order valence-corrected chi connectivity index (χ2v) is 6.75. The van der Waals surface area contributed by atoms with Crippen molar-refractivity contribution in [2.24, 2.45) is 0 Å². The summed E-state index contributed by atoms with van der Waals surface area (Å²) in [5.41, 5.74) is 3.68. The van der Waals surface area contributed by atoms with E-state index in [1.807, 2.05) is 36.4 Å². The summed E-state index contributed by atoms with van der Waals surface area (Å²) in [5.74, 6) is -0.211. The van der Waals surface area contributed by atoms with E-state index in [1.165, 1.54) is 6.07 Å². The number of hydrogen-bond donors (Lipinski definition) is 1. The standard InChI is InChI=1S/C24H15N3O3/c28-23-13-18(17-5-1-2-6-19(17)27-23)24(29)30-16-11-9-15(10-12-16)22-14-25-20-7-3-4-8-21(20)26-22/h1-14H,(H,27,28). The molecule has 0 saturated carbocycles. The molecule has 0 aliphatic rings. The van der Waals surface area contributed by atoms with Crippen molar-refractivity contribution in [3.05, 3.63) is 101 Å². The highest BCUT2D eigenvalue weighted by atomic mass is 16.5. The quantitative estimate of drug-likeness (QED) is 0.364. The molecule has 2 aromatic heterocycles. The van der Waals surface area contributed by atoms with Crippen molar-refractivity contribution in [2.45, 2.75) is 0 Å². The predicted octanol–water partition coefficient (Wildman–Crippen LogP) is 4.36. The molecule has 5 aromatic rings. The molecule has 0 bridgehead atoms. The summed E-state index contributed by atoms with van der Waals surface area (Å²) in [7, 11) is 0. The number of rotatable bonds is 3. The molecule has 3 aromatic carbocycles. The molecular weight excluding hydrogens is 378 g/mol. The number of pyridine rings is 1. The largest absolute Gasteiger partial charge is 0.423 e. The van der Waals surface area contributed by atoms with Gasteiger partial charge in [0.1, 0.15) is 5.75 Å². The summed E-state index contributed by atoms with van der Waals surface area (Å²) in [6.07, 6.45) is 1.71. The Morgan fingerprint density at radius 2 is 1.60 bits per heavy atom. The van der Waals surface area contributed by atoms with Gasteiger partial charge in [-0.25, -0.2) is 9.78 Å². The maximum atomic E-state index is 12.7. The lowest BCUT2D eigenvalue weighted by Gasteiger charge is -2.08. The normalized spacial score (nSPS) is 10.9. The molecule has 1 N–H and O–H groups in total. The van der Waals surface area contributed by atoms with Crippen LogP contribution in [0.25, 0.3) is 33.2 Å². The number of para-hydroxylation sites is 3. The Hall–Kier alpha value is -4.32. The van der Waals surface area contributed by atoms with Crippen LogP contribution in [0.5, 0.6) is 5.75 Å². The molecule has 0 spiro atoms. The lowest BCUT2D eigenvalue weighted by atomic mass is 10.1. The van der Waals surface area contributed by atoms with Gasteiger partial charge in [-0.3, -0.25) is 9.78 Å². The zero-order valence-corrected chi connectivity index (χ0v) is 15.7. The van der Waals surface area contributed by atoms with Crippen molar-refractivity contribution in [1.29, 1.82) is 0 Å². The SMILES string of the molecule is O=C(Oc1ccc(-c2cnc3ccccc3n2)cc1)c1cc(=O)[nH]c2ccccc12. The van der Waals surface area contributed by atoms with Gasteiger partial charge in [-0.2, -0.15) is 0 Å². The van der Waals surface area contributed by atoms with E-state index in [9.17, 15) is 9.59 Å². The molecule has 0 radical (unpaired) electrons. The van der Waals surface area contributed by atoms with E-state index in [4.69, 9.17) is 4.74 Å². The third-order valence-electron chi connectivity index (χ3n) is 4.78. The zero-order chi connectivity index (χ0) is 20.5. The maximum Gasteiger partial charge on any atom is 0.344 e. The van der Waals surface area contributed by atoms with Crippen molar-refractivity contribution in [3.63, 3.8) is 0 Å². The molecule has 0 saturated heterocycles. The minimum atomic E-state index is -0.587. The summed E-state index contributed by atoms with van der Waals surface area (Å²) in [6.45, 7) is 0. The number of benzene rings is 3. The molecule has 0 amide bonds. The highest BCUT2D eigenvalue weighted by molar-refractivity contribution is 6.04. The summed E-state index contributed by atoms with van der Waals surface area (Å²) in [4.78, 5) is 36.3. The van der Waals surface area contributed by atoms with Crippen LogP contribution in [0, 0.1) is 0 Å². The summed E-state index contributed by atoms with van der Waals surface area (Å²) in [6, 6.07) is 23.0. The van der Waals surface area contributed by atoms with Crippen LogP contribution in [0.15, 0.2) is 89.9 Å². The van der Waals surface area contributed by atoms with Gasteiger partial charge >= 0.3 is 5.97 Å². The highest BCUT2D eigenvalue weighted by Gasteiger charge is 2.14. The lowest BCUT2D eigenvalue weighted by molar-refractivity contribution is 0.0736. The van der Waals surface area contributed by atoms with Crippen molar-refractivity contribution in [2.75, 3.05) is 0 Å². The molecular formula is C24H15N3O3. The zero-order valence-electron chi connectivity index (χ0n) is 15.7. The molecule has 6 heteroatoms. The van der Waals surface area contributed by atoms with Crippen molar-refractivity contribution < 1.29 is 9.53 Å². The number of ether oxygens (including phenoxy) is 1. The Kier molecular flexibility index (Phi) is 4.29.